The highest BCUT2D eigenvalue weighted by atomic mass is 16.1. The van der Waals surface area contributed by atoms with Gasteiger partial charge in [0.05, 0.1) is 0 Å². The SMILES string of the molecule is CCC(=O)C1CC(=O)c2ccccc2C1. The molecule has 1 aliphatic rings. The van der Waals surface area contributed by atoms with Crippen molar-refractivity contribution >= 4 is 11.6 Å². The molecule has 0 heterocycles. The van der Waals surface area contributed by atoms with Gasteiger partial charge in [-0.25, -0.2) is 0 Å². The summed E-state index contributed by atoms with van der Waals surface area (Å²) in [7, 11) is 0. The van der Waals surface area contributed by atoms with Crippen LogP contribution in [0.25, 0.3) is 0 Å². The molecule has 0 bridgehead atoms. The fourth-order valence-corrected chi connectivity index (χ4v) is 2.16. The zero-order valence-corrected chi connectivity index (χ0v) is 8.82. The molecule has 0 aromatic heterocycles. The molecule has 0 fully saturated rings. The van der Waals surface area contributed by atoms with Crippen molar-refractivity contribution in [2.24, 2.45) is 5.92 Å². The summed E-state index contributed by atoms with van der Waals surface area (Å²) in [4.78, 5) is 23.3. The van der Waals surface area contributed by atoms with Crippen molar-refractivity contribution in [2.75, 3.05) is 0 Å². The minimum atomic E-state index is -0.0857. The molecular weight excluding hydrogens is 188 g/mol. The summed E-state index contributed by atoms with van der Waals surface area (Å²) in [6.45, 7) is 1.85. The minimum absolute atomic E-state index is 0.0857. The Labute approximate surface area is 89.3 Å². The van der Waals surface area contributed by atoms with Crippen LogP contribution in [0.5, 0.6) is 0 Å². The van der Waals surface area contributed by atoms with Gasteiger partial charge < -0.3 is 0 Å². The Kier molecular flexibility index (Phi) is 2.67. The van der Waals surface area contributed by atoms with Crippen molar-refractivity contribution in [3.05, 3.63) is 35.4 Å². The number of hydrogen-bond donors (Lipinski definition) is 0. The second-order valence-electron chi connectivity index (χ2n) is 4.01. The number of hydrogen-bond acceptors (Lipinski definition) is 2. The van der Waals surface area contributed by atoms with Gasteiger partial charge in [-0.3, -0.25) is 9.59 Å². The van der Waals surface area contributed by atoms with Crippen LogP contribution in [0.4, 0.5) is 0 Å². The van der Waals surface area contributed by atoms with E-state index in [9.17, 15) is 9.59 Å². The molecule has 1 unspecified atom stereocenters. The van der Waals surface area contributed by atoms with Crippen molar-refractivity contribution in [1.29, 1.82) is 0 Å². The third kappa shape index (κ3) is 1.84. The molecule has 0 saturated carbocycles. The number of benzene rings is 1. The normalized spacial score (nSPS) is 19.8. The van der Waals surface area contributed by atoms with E-state index in [0.29, 0.717) is 12.8 Å². The first kappa shape index (κ1) is 10.1. The largest absolute Gasteiger partial charge is 0.299 e. The third-order valence-corrected chi connectivity index (χ3v) is 3.02. The zero-order valence-electron chi connectivity index (χ0n) is 8.82. The van der Waals surface area contributed by atoms with Crippen LogP contribution in [0.1, 0.15) is 35.7 Å². The second kappa shape index (κ2) is 3.97. The van der Waals surface area contributed by atoms with Gasteiger partial charge in [0.15, 0.2) is 5.78 Å². The van der Waals surface area contributed by atoms with Gasteiger partial charge >= 0.3 is 0 Å². The number of carbonyl (C=O) groups excluding carboxylic acids is 2. The quantitative estimate of drug-likeness (QED) is 0.738. The van der Waals surface area contributed by atoms with E-state index in [4.69, 9.17) is 0 Å². The van der Waals surface area contributed by atoms with Crippen molar-refractivity contribution in [2.45, 2.75) is 26.2 Å². The summed E-state index contributed by atoms with van der Waals surface area (Å²) in [5.41, 5.74) is 1.83. The fraction of sp³-hybridized carbons (Fsp3) is 0.385. The molecule has 2 nitrogen and oxygen atoms in total. The summed E-state index contributed by atoms with van der Waals surface area (Å²) in [5.74, 6) is 0.235. The zero-order chi connectivity index (χ0) is 10.8. The Balaban J connectivity index is 2.30. The van der Waals surface area contributed by atoms with Gasteiger partial charge in [0.25, 0.3) is 0 Å². The maximum Gasteiger partial charge on any atom is 0.163 e. The molecular formula is C13H14O2. The highest BCUT2D eigenvalue weighted by molar-refractivity contribution is 6.01. The lowest BCUT2D eigenvalue weighted by molar-refractivity contribution is -0.122. The van der Waals surface area contributed by atoms with Crippen LogP contribution >= 0.6 is 0 Å². The molecule has 15 heavy (non-hydrogen) atoms. The first-order valence-electron chi connectivity index (χ1n) is 5.36. The lowest BCUT2D eigenvalue weighted by Crippen LogP contribution is -2.26. The van der Waals surface area contributed by atoms with E-state index in [1.165, 1.54) is 0 Å². The van der Waals surface area contributed by atoms with Gasteiger partial charge in [0, 0.05) is 24.3 Å². The summed E-state index contributed by atoms with van der Waals surface area (Å²) in [5, 5.41) is 0. The summed E-state index contributed by atoms with van der Waals surface area (Å²) < 4.78 is 0. The summed E-state index contributed by atoms with van der Waals surface area (Å²) >= 11 is 0. The van der Waals surface area contributed by atoms with Crippen molar-refractivity contribution in [1.82, 2.24) is 0 Å². The number of rotatable bonds is 2. The van der Waals surface area contributed by atoms with Crippen LogP contribution in [-0.4, -0.2) is 11.6 Å². The van der Waals surface area contributed by atoms with Gasteiger partial charge in [-0.2, -0.15) is 0 Å². The van der Waals surface area contributed by atoms with E-state index in [1.807, 2.05) is 31.2 Å². The van der Waals surface area contributed by atoms with E-state index in [0.717, 1.165) is 17.5 Å². The monoisotopic (exact) mass is 202 g/mol. The number of carbonyl (C=O) groups is 2. The van der Waals surface area contributed by atoms with Gasteiger partial charge in [0.2, 0.25) is 0 Å². The molecule has 0 radical (unpaired) electrons. The molecule has 0 aliphatic heterocycles. The number of ketones is 2. The predicted molar refractivity (Wildman–Crippen MR) is 57.9 cm³/mol. The Morgan fingerprint density at radius 3 is 2.80 bits per heavy atom. The van der Waals surface area contributed by atoms with Gasteiger partial charge in [-0.15, -0.1) is 0 Å². The molecule has 78 valence electrons. The molecule has 0 saturated heterocycles. The van der Waals surface area contributed by atoms with E-state index in [1.54, 1.807) is 0 Å². The molecule has 0 spiro atoms. The molecule has 1 aliphatic carbocycles. The van der Waals surface area contributed by atoms with E-state index in [2.05, 4.69) is 0 Å². The Morgan fingerprint density at radius 2 is 2.07 bits per heavy atom. The second-order valence-corrected chi connectivity index (χ2v) is 4.01. The van der Waals surface area contributed by atoms with E-state index < -0.39 is 0 Å². The maximum absolute atomic E-state index is 11.8. The van der Waals surface area contributed by atoms with Gasteiger partial charge in [0.1, 0.15) is 5.78 Å². The van der Waals surface area contributed by atoms with E-state index >= 15 is 0 Å². The molecule has 0 amide bonds. The minimum Gasteiger partial charge on any atom is -0.299 e. The Morgan fingerprint density at radius 1 is 1.33 bits per heavy atom. The topological polar surface area (TPSA) is 34.1 Å². The molecule has 2 heteroatoms. The van der Waals surface area contributed by atoms with Crippen LogP contribution < -0.4 is 0 Å². The van der Waals surface area contributed by atoms with Crippen LogP contribution in [0.2, 0.25) is 0 Å². The molecule has 1 aromatic carbocycles. The van der Waals surface area contributed by atoms with Crippen molar-refractivity contribution < 1.29 is 9.59 Å². The lowest BCUT2D eigenvalue weighted by Gasteiger charge is -2.21. The Hall–Kier alpha value is -1.44. The fourth-order valence-electron chi connectivity index (χ4n) is 2.16. The third-order valence-electron chi connectivity index (χ3n) is 3.02. The predicted octanol–water partition coefficient (Wildman–Crippen LogP) is 2.41. The molecule has 1 aromatic rings. The first-order chi connectivity index (χ1) is 7.22. The highest BCUT2D eigenvalue weighted by Crippen LogP contribution is 2.26. The molecule has 0 N–H and O–H groups in total. The van der Waals surface area contributed by atoms with Crippen LogP contribution in [0.15, 0.2) is 24.3 Å². The standard InChI is InChI=1S/C13H14O2/c1-2-12(14)10-7-9-5-3-4-6-11(9)13(15)8-10/h3-6,10H,2,7-8H2,1H3. The lowest BCUT2D eigenvalue weighted by atomic mass is 9.80. The maximum atomic E-state index is 11.8. The Bertz CT molecular complexity index is 407. The molecule has 2 rings (SSSR count). The van der Waals surface area contributed by atoms with Crippen molar-refractivity contribution in [3.63, 3.8) is 0 Å². The average molecular weight is 202 g/mol. The van der Waals surface area contributed by atoms with Crippen LogP contribution in [0, 0.1) is 5.92 Å². The smallest absolute Gasteiger partial charge is 0.163 e. The van der Waals surface area contributed by atoms with Crippen LogP contribution in [0.3, 0.4) is 0 Å². The molecule has 1 atom stereocenters. The summed E-state index contributed by atoms with van der Waals surface area (Å²) in [6.07, 6.45) is 1.65. The number of fused-ring (bicyclic) bond motifs is 1. The van der Waals surface area contributed by atoms with Gasteiger partial charge in [-0.05, 0) is 12.0 Å². The average Bonchev–Trinajstić information content (AvgIpc) is 2.28. The summed E-state index contributed by atoms with van der Waals surface area (Å²) in [6, 6.07) is 7.59. The van der Waals surface area contributed by atoms with Crippen LogP contribution in [-0.2, 0) is 11.2 Å². The number of Topliss-reactive ketones (excluding diaryl/α,β-unsaturated/α-hetero) is 2. The van der Waals surface area contributed by atoms with E-state index in [-0.39, 0.29) is 17.5 Å². The van der Waals surface area contributed by atoms with Gasteiger partial charge in [-0.1, -0.05) is 31.2 Å². The van der Waals surface area contributed by atoms with Crippen molar-refractivity contribution in [3.8, 4) is 0 Å². The highest BCUT2D eigenvalue weighted by Gasteiger charge is 2.28. The first-order valence-corrected chi connectivity index (χ1v) is 5.36.